The third-order valence-corrected chi connectivity index (χ3v) is 2.05. The Labute approximate surface area is 76.7 Å². The zero-order chi connectivity index (χ0) is 9.10. The molecule has 13 heavy (non-hydrogen) atoms. The van der Waals surface area contributed by atoms with Crippen LogP contribution in [-0.2, 0) is 9.53 Å². The Bertz CT molecular complexity index is 297. The Morgan fingerprint density at radius 3 is 2.77 bits per heavy atom. The fourth-order valence-electron chi connectivity index (χ4n) is 1.41. The lowest BCUT2D eigenvalue weighted by atomic mass is 10.1. The molecule has 2 rings (SSSR count). The smallest absolute Gasteiger partial charge is 0.246 e. The topological polar surface area (TPSA) is 38.3 Å². The van der Waals surface area contributed by atoms with Gasteiger partial charge in [0.15, 0.2) is 0 Å². The lowest BCUT2D eigenvalue weighted by Crippen LogP contribution is -2.39. The molecule has 0 radical (unpaired) electrons. The molecule has 3 heteroatoms. The number of hydrogen-bond acceptors (Lipinski definition) is 2. The lowest BCUT2D eigenvalue weighted by molar-refractivity contribution is -0.131. The van der Waals surface area contributed by atoms with Crippen LogP contribution in [-0.4, -0.2) is 19.1 Å². The van der Waals surface area contributed by atoms with E-state index in [9.17, 15) is 4.79 Å². The maximum Gasteiger partial charge on any atom is 0.246 e. The van der Waals surface area contributed by atoms with E-state index in [1.807, 2.05) is 30.3 Å². The van der Waals surface area contributed by atoms with Gasteiger partial charge >= 0.3 is 0 Å². The summed E-state index contributed by atoms with van der Waals surface area (Å²) < 4.78 is 5.14. The first-order valence-electron chi connectivity index (χ1n) is 4.28. The number of carbonyl (C=O) groups excluding carboxylic acids is 1. The fraction of sp³-hybridized carbons (Fsp3) is 0.300. The molecule has 1 heterocycles. The highest BCUT2D eigenvalue weighted by Gasteiger charge is 2.19. The van der Waals surface area contributed by atoms with E-state index < -0.39 is 0 Å². The van der Waals surface area contributed by atoms with Crippen molar-refractivity contribution in [2.45, 2.75) is 6.04 Å². The first-order valence-corrected chi connectivity index (χ1v) is 4.28. The molecule has 1 amide bonds. The molecule has 1 aromatic rings. The van der Waals surface area contributed by atoms with Gasteiger partial charge in [-0.1, -0.05) is 30.3 Å². The Kier molecular flexibility index (Phi) is 2.27. The quantitative estimate of drug-likeness (QED) is 0.691. The molecule has 0 bridgehead atoms. The van der Waals surface area contributed by atoms with Crippen LogP contribution in [0.3, 0.4) is 0 Å². The molecular weight excluding hydrogens is 166 g/mol. The van der Waals surface area contributed by atoms with Crippen LogP contribution in [0.25, 0.3) is 0 Å². The second kappa shape index (κ2) is 3.58. The number of amides is 1. The molecule has 3 nitrogen and oxygen atoms in total. The number of carbonyl (C=O) groups is 1. The molecule has 0 saturated carbocycles. The average molecular weight is 177 g/mol. The first-order chi connectivity index (χ1) is 6.36. The van der Waals surface area contributed by atoms with Gasteiger partial charge in [0.25, 0.3) is 0 Å². The second-order valence-electron chi connectivity index (χ2n) is 3.05. The molecule has 1 aliphatic rings. The number of ether oxygens (including phenoxy) is 1. The van der Waals surface area contributed by atoms with E-state index in [2.05, 4.69) is 5.32 Å². The summed E-state index contributed by atoms with van der Waals surface area (Å²) in [6.45, 7) is 0.749. The molecule has 0 aromatic heterocycles. The van der Waals surface area contributed by atoms with E-state index >= 15 is 0 Å². The van der Waals surface area contributed by atoms with Gasteiger partial charge in [0.2, 0.25) is 5.91 Å². The number of morpholine rings is 1. The summed E-state index contributed by atoms with van der Waals surface area (Å²) in [7, 11) is 0. The van der Waals surface area contributed by atoms with E-state index in [4.69, 9.17) is 4.74 Å². The van der Waals surface area contributed by atoms with Gasteiger partial charge in [-0.3, -0.25) is 4.79 Å². The Morgan fingerprint density at radius 1 is 1.31 bits per heavy atom. The Balaban J connectivity index is 2.13. The van der Waals surface area contributed by atoms with E-state index in [1.165, 1.54) is 0 Å². The molecule has 1 saturated heterocycles. The van der Waals surface area contributed by atoms with Crippen LogP contribution in [0, 0.1) is 0 Å². The normalized spacial score (nSPS) is 22.5. The molecule has 1 atom stereocenters. The van der Waals surface area contributed by atoms with Crippen molar-refractivity contribution in [3.05, 3.63) is 35.9 Å². The highest BCUT2D eigenvalue weighted by molar-refractivity contribution is 5.78. The minimum absolute atomic E-state index is 0.0162. The van der Waals surface area contributed by atoms with Gasteiger partial charge in [0.05, 0.1) is 12.6 Å². The number of rotatable bonds is 1. The predicted molar refractivity (Wildman–Crippen MR) is 48.1 cm³/mol. The standard InChI is InChI=1S/C10H11NO2/c12-10-7-13-6-9(11-10)8-4-2-1-3-5-8/h1-5,9H,6-7H2,(H,11,12). The highest BCUT2D eigenvalue weighted by Crippen LogP contribution is 2.14. The van der Waals surface area contributed by atoms with Crippen molar-refractivity contribution in [3.8, 4) is 0 Å². The summed E-state index contributed by atoms with van der Waals surface area (Å²) in [5.74, 6) is -0.0416. The molecule has 68 valence electrons. The number of benzene rings is 1. The van der Waals surface area contributed by atoms with Crippen molar-refractivity contribution in [3.63, 3.8) is 0 Å². The third-order valence-electron chi connectivity index (χ3n) is 2.05. The average Bonchev–Trinajstić information content (AvgIpc) is 2.19. The zero-order valence-corrected chi connectivity index (χ0v) is 7.19. The van der Waals surface area contributed by atoms with Gasteiger partial charge in [-0.15, -0.1) is 0 Å². The Hall–Kier alpha value is -1.35. The minimum atomic E-state index is -0.0416. The predicted octanol–water partition coefficient (Wildman–Crippen LogP) is 0.874. The number of nitrogens with one attached hydrogen (secondary N) is 1. The van der Waals surface area contributed by atoms with E-state index in [0.717, 1.165) is 5.56 Å². The van der Waals surface area contributed by atoms with E-state index in [1.54, 1.807) is 0 Å². The summed E-state index contributed by atoms with van der Waals surface area (Å²) in [5, 5.41) is 2.87. The monoisotopic (exact) mass is 177 g/mol. The molecule has 1 N–H and O–H groups in total. The molecular formula is C10H11NO2. The van der Waals surface area contributed by atoms with Crippen molar-refractivity contribution >= 4 is 5.91 Å². The SMILES string of the molecule is O=C1COCC(c2ccccc2)N1. The van der Waals surface area contributed by atoms with Crippen LogP contribution in [0.2, 0.25) is 0 Å². The molecule has 1 fully saturated rings. The number of hydrogen-bond donors (Lipinski definition) is 1. The van der Waals surface area contributed by atoms with Crippen molar-refractivity contribution in [1.82, 2.24) is 5.32 Å². The summed E-state index contributed by atoms with van der Waals surface area (Å²) in [4.78, 5) is 11.0. The summed E-state index contributed by atoms with van der Waals surface area (Å²) >= 11 is 0. The van der Waals surface area contributed by atoms with Crippen LogP contribution >= 0.6 is 0 Å². The van der Waals surface area contributed by atoms with Crippen molar-refractivity contribution < 1.29 is 9.53 Å². The fourth-order valence-corrected chi connectivity index (χ4v) is 1.41. The zero-order valence-electron chi connectivity index (χ0n) is 7.19. The van der Waals surface area contributed by atoms with E-state index in [0.29, 0.717) is 6.61 Å². The van der Waals surface area contributed by atoms with Crippen molar-refractivity contribution in [2.75, 3.05) is 13.2 Å². The molecule has 1 unspecified atom stereocenters. The summed E-state index contributed by atoms with van der Waals surface area (Å²) in [6, 6.07) is 9.85. The molecule has 1 aromatic carbocycles. The van der Waals surface area contributed by atoms with Gasteiger partial charge in [-0.05, 0) is 5.56 Å². The third kappa shape index (κ3) is 1.87. The van der Waals surface area contributed by atoms with Gasteiger partial charge < -0.3 is 10.1 Å². The van der Waals surface area contributed by atoms with Crippen LogP contribution in [0.4, 0.5) is 0 Å². The largest absolute Gasteiger partial charge is 0.369 e. The summed E-state index contributed by atoms with van der Waals surface area (Å²) in [6.07, 6.45) is 0. The Morgan fingerprint density at radius 2 is 2.08 bits per heavy atom. The first kappa shape index (κ1) is 8.26. The maximum atomic E-state index is 11.0. The lowest BCUT2D eigenvalue weighted by Gasteiger charge is -2.23. The second-order valence-corrected chi connectivity index (χ2v) is 3.05. The summed E-state index contributed by atoms with van der Waals surface area (Å²) in [5.41, 5.74) is 1.09. The van der Waals surface area contributed by atoms with Crippen LogP contribution in [0.15, 0.2) is 30.3 Å². The molecule has 0 aliphatic carbocycles. The molecule has 1 aliphatic heterocycles. The molecule has 0 spiro atoms. The maximum absolute atomic E-state index is 11.0. The van der Waals surface area contributed by atoms with Gasteiger partial charge in [0, 0.05) is 0 Å². The highest BCUT2D eigenvalue weighted by atomic mass is 16.5. The van der Waals surface area contributed by atoms with Crippen LogP contribution in [0.1, 0.15) is 11.6 Å². The van der Waals surface area contributed by atoms with Gasteiger partial charge in [-0.25, -0.2) is 0 Å². The van der Waals surface area contributed by atoms with Crippen LogP contribution in [0.5, 0.6) is 0 Å². The van der Waals surface area contributed by atoms with E-state index in [-0.39, 0.29) is 18.6 Å². The minimum Gasteiger partial charge on any atom is -0.369 e. The van der Waals surface area contributed by atoms with Crippen molar-refractivity contribution in [2.24, 2.45) is 0 Å². The van der Waals surface area contributed by atoms with Crippen LogP contribution < -0.4 is 5.32 Å². The van der Waals surface area contributed by atoms with Gasteiger partial charge in [-0.2, -0.15) is 0 Å². The van der Waals surface area contributed by atoms with Gasteiger partial charge in [0.1, 0.15) is 6.61 Å². The van der Waals surface area contributed by atoms with Crippen molar-refractivity contribution in [1.29, 1.82) is 0 Å².